The zero-order valence-electron chi connectivity index (χ0n) is 13.3. The zero-order valence-corrected chi connectivity index (χ0v) is 13.3. The van der Waals surface area contributed by atoms with Crippen molar-refractivity contribution in [2.75, 3.05) is 0 Å². The fraction of sp³-hybridized carbons (Fsp3) is 0.611. The molecule has 0 radical (unpaired) electrons. The van der Waals surface area contributed by atoms with Gasteiger partial charge in [0.25, 0.3) is 0 Å². The predicted octanol–water partition coefficient (Wildman–Crippen LogP) is 3.56. The smallest absolute Gasteiger partial charge is 0.237 e. The van der Waals surface area contributed by atoms with Crippen molar-refractivity contribution in [2.24, 2.45) is 0 Å². The Hall–Kier alpha value is -1.35. The summed E-state index contributed by atoms with van der Waals surface area (Å²) in [5.41, 5.74) is 1.28. The van der Waals surface area contributed by atoms with Gasteiger partial charge in [0.15, 0.2) is 0 Å². The minimum atomic E-state index is -0.141. The fourth-order valence-electron chi connectivity index (χ4n) is 2.56. The number of amides is 1. The number of unbranched alkanes of at least 4 members (excludes halogenated alkanes) is 2. The molecule has 1 aromatic carbocycles. The molecule has 0 heterocycles. The molecule has 2 N–H and O–H groups in total. The molecule has 3 nitrogen and oxygen atoms in total. The minimum absolute atomic E-state index is 0.133. The van der Waals surface area contributed by atoms with E-state index in [9.17, 15) is 4.79 Å². The van der Waals surface area contributed by atoms with Crippen molar-refractivity contribution in [2.45, 2.75) is 70.5 Å². The third kappa shape index (κ3) is 5.50. The molecule has 2 rings (SSSR count). The van der Waals surface area contributed by atoms with Crippen LogP contribution in [0, 0.1) is 0 Å². The highest BCUT2D eigenvalue weighted by Gasteiger charge is 2.26. The number of hydrogen-bond acceptors (Lipinski definition) is 2. The van der Waals surface area contributed by atoms with Gasteiger partial charge in [0, 0.05) is 12.1 Å². The molecule has 116 valence electrons. The van der Waals surface area contributed by atoms with E-state index in [-0.39, 0.29) is 18.0 Å². The molecule has 2 unspecified atom stereocenters. The molecule has 1 aromatic rings. The minimum Gasteiger partial charge on any atom is -0.352 e. The van der Waals surface area contributed by atoms with Crippen LogP contribution in [0.25, 0.3) is 0 Å². The standard InChI is InChI=1S/C18H28N2O/c1-3-4-6-11-17(15-9-7-5-8-10-15)19-14(2)18(21)20-16-12-13-16/h5,7-10,14,16-17,19H,3-4,6,11-13H2,1-2H3,(H,20,21). The zero-order chi connectivity index (χ0) is 15.1. The Balaban J connectivity index is 1.92. The molecule has 21 heavy (non-hydrogen) atoms. The van der Waals surface area contributed by atoms with Crippen molar-refractivity contribution < 1.29 is 4.79 Å². The van der Waals surface area contributed by atoms with Crippen LogP contribution < -0.4 is 10.6 Å². The number of hydrogen-bond donors (Lipinski definition) is 2. The van der Waals surface area contributed by atoms with E-state index in [4.69, 9.17) is 0 Å². The van der Waals surface area contributed by atoms with Gasteiger partial charge in [-0.25, -0.2) is 0 Å². The first-order chi connectivity index (χ1) is 10.2. The maximum Gasteiger partial charge on any atom is 0.237 e. The third-order valence-electron chi connectivity index (χ3n) is 4.07. The highest BCUT2D eigenvalue weighted by atomic mass is 16.2. The summed E-state index contributed by atoms with van der Waals surface area (Å²) < 4.78 is 0. The SMILES string of the molecule is CCCCCC(NC(C)C(=O)NC1CC1)c1ccccc1. The summed E-state index contributed by atoms with van der Waals surface area (Å²) >= 11 is 0. The molecular formula is C18H28N2O. The van der Waals surface area contributed by atoms with Gasteiger partial charge in [-0.15, -0.1) is 0 Å². The molecular weight excluding hydrogens is 260 g/mol. The van der Waals surface area contributed by atoms with Crippen LogP contribution in [0.3, 0.4) is 0 Å². The molecule has 0 spiro atoms. The van der Waals surface area contributed by atoms with E-state index in [2.05, 4.69) is 41.8 Å². The van der Waals surface area contributed by atoms with E-state index in [0.29, 0.717) is 6.04 Å². The highest BCUT2D eigenvalue weighted by Crippen LogP contribution is 2.21. The summed E-state index contributed by atoms with van der Waals surface area (Å²) in [4.78, 5) is 12.1. The third-order valence-corrected chi connectivity index (χ3v) is 4.07. The molecule has 1 amide bonds. The Kier molecular flexibility index (Phi) is 6.24. The first-order valence-electron chi connectivity index (χ1n) is 8.32. The van der Waals surface area contributed by atoms with Crippen LogP contribution in [0.2, 0.25) is 0 Å². The summed E-state index contributed by atoms with van der Waals surface area (Å²) in [5, 5.41) is 6.59. The van der Waals surface area contributed by atoms with Crippen molar-refractivity contribution in [1.82, 2.24) is 10.6 Å². The van der Waals surface area contributed by atoms with Gasteiger partial charge in [0.2, 0.25) is 5.91 Å². The fourth-order valence-corrected chi connectivity index (χ4v) is 2.56. The van der Waals surface area contributed by atoms with E-state index in [0.717, 1.165) is 19.3 Å². The van der Waals surface area contributed by atoms with Crippen molar-refractivity contribution in [3.8, 4) is 0 Å². The first kappa shape index (κ1) is 16.0. The van der Waals surface area contributed by atoms with Gasteiger partial charge in [0.05, 0.1) is 6.04 Å². The number of benzene rings is 1. The maximum atomic E-state index is 12.1. The average molecular weight is 288 g/mol. The second kappa shape index (κ2) is 8.18. The van der Waals surface area contributed by atoms with Gasteiger partial charge >= 0.3 is 0 Å². The highest BCUT2D eigenvalue weighted by molar-refractivity contribution is 5.81. The predicted molar refractivity (Wildman–Crippen MR) is 87.1 cm³/mol. The first-order valence-corrected chi connectivity index (χ1v) is 8.32. The lowest BCUT2D eigenvalue weighted by atomic mass is 9.99. The Morgan fingerprint density at radius 2 is 1.95 bits per heavy atom. The van der Waals surface area contributed by atoms with E-state index >= 15 is 0 Å². The largest absolute Gasteiger partial charge is 0.352 e. The Bertz CT molecular complexity index is 428. The molecule has 0 bridgehead atoms. The molecule has 1 aliphatic carbocycles. The van der Waals surface area contributed by atoms with Crippen LogP contribution in [0.4, 0.5) is 0 Å². The average Bonchev–Trinajstić information content (AvgIpc) is 3.31. The summed E-state index contributed by atoms with van der Waals surface area (Å²) in [6.45, 7) is 4.18. The van der Waals surface area contributed by atoms with Crippen LogP contribution in [0.15, 0.2) is 30.3 Å². The van der Waals surface area contributed by atoms with Gasteiger partial charge < -0.3 is 5.32 Å². The maximum absolute atomic E-state index is 12.1. The number of carbonyl (C=O) groups is 1. The van der Waals surface area contributed by atoms with Crippen LogP contribution in [0.5, 0.6) is 0 Å². The van der Waals surface area contributed by atoms with Gasteiger partial charge in [-0.2, -0.15) is 0 Å². The van der Waals surface area contributed by atoms with Gasteiger partial charge in [-0.05, 0) is 31.7 Å². The molecule has 1 aliphatic rings. The normalized spacial score (nSPS) is 17.2. The van der Waals surface area contributed by atoms with Crippen LogP contribution in [-0.2, 0) is 4.79 Å². The Morgan fingerprint density at radius 3 is 2.57 bits per heavy atom. The lowest BCUT2D eigenvalue weighted by molar-refractivity contribution is -0.123. The second-order valence-electron chi connectivity index (χ2n) is 6.13. The second-order valence-corrected chi connectivity index (χ2v) is 6.13. The summed E-state index contributed by atoms with van der Waals surface area (Å²) in [6.07, 6.45) is 7.01. The molecule has 0 saturated heterocycles. The van der Waals surface area contributed by atoms with E-state index in [1.165, 1.54) is 24.8 Å². The van der Waals surface area contributed by atoms with Gasteiger partial charge in [-0.3, -0.25) is 10.1 Å². The Morgan fingerprint density at radius 1 is 1.24 bits per heavy atom. The number of nitrogens with one attached hydrogen (secondary N) is 2. The molecule has 2 atom stereocenters. The van der Waals surface area contributed by atoms with Crippen LogP contribution in [-0.4, -0.2) is 18.0 Å². The summed E-state index contributed by atoms with van der Waals surface area (Å²) in [6, 6.07) is 11.0. The van der Waals surface area contributed by atoms with Crippen molar-refractivity contribution in [1.29, 1.82) is 0 Å². The molecule has 1 fully saturated rings. The Labute approximate surface area is 128 Å². The lowest BCUT2D eigenvalue weighted by Gasteiger charge is -2.23. The molecule has 1 saturated carbocycles. The summed E-state index contributed by atoms with van der Waals surface area (Å²) in [7, 11) is 0. The summed E-state index contributed by atoms with van der Waals surface area (Å²) in [5.74, 6) is 0.133. The van der Waals surface area contributed by atoms with E-state index in [1.807, 2.05) is 13.0 Å². The van der Waals surface area contributed by atoms with Crippen molar-refractivity contribution in [3.63, 3.8) is 0 Å². The topological polar surface area (TPSA) is 41.1 Å². The van der Waals surface area contributed by atoms with Gasteiger partial charge in [0.1, 0.15) is 0 Å². The molecule has 0 aromatic heterocycles. The van der Waals surface area contributed by atoms with Gasteiger partial charge in [-0.1, -0.05) is 56.5 Å². The van der Waals surface area contributed by atoms with Crippen LogP contribution in [0.1, 0.15) is 64.0 Å². The monoisotopic (exact) mass is 288 g/mol. The molecule has 3 heteroatoms. The quantitative estimate of drug-likeness (QED) is 0.682. The van der Waals surface area contributed by atoms with Crippen molar-refractivity contribution >= 4 is 5.91 Å². The lowest BCUT2D eigenvalue weighted by Crippen LogP contribution is -2.44. The van der Waals surface area contributed by atoms with Crippen molar-refractivity contribution in [3.05, 3.63) is 35.9 Å². The number of carbonyl (C=O) groups excluding carboxylic acids is 1. The van der Waals surface area contributed by atoms with E-state index in [1.54, 1.807) is 0 Å². The molecule has 0 aliphatic heterocycles. The van der Waals surface area contributed by atoms with E-state index < -0.39 is 0 Å². The van der Waals surface area contributed by atoms with Crippen LogP contribution >= 0.6 is 0 Å². The number of rotatable bonds is 9.